The van der Waals surface area contributed by atoms with Crippen LogP contribution >= 0.6 is 0 Å². The molecule has 0 unspecified atom stereocenters. The van der Waals surface area contributed by atoms with Crippen LogP contribution in [0.25, 0.3) is 5.57 Å². The summed E-state index contributed by atoms with van der Waals surface area (Å²) in [5.74, 6) is 0. The van der Waals surface area contributed by atoms with Gasteiger partial charge in [0.05, 0.1) is 6.61 Å². The summed E-state index contributed by atoms with van der Waals surface area (Å²) in [5.41, 5.74) is 9.13. The van der Waals surface area contributed by atoms with Gasteiger partial charge in [0.25, 0.3) is 6.47 Å². The van der Waals surface area contributed by atoms with Crippen LogP contribution in [-0.4, -0.2) is 59.1 Å². The van der Waals surface area contributed by atoms with Crippen LogP contribution < -0.4 is 10.1 Å². The fourth-order valence-electron chi connectivity index (χ4n) is 5.05. The van der Waals surface area contributed by atoms with Crippen LogP contribution in [0.2, 0.25) is 13.1 Å². The Bertz CT molecular complexity index is 1250. The van der Waals surface area contributed by atoms with Gasteiger partial charge in [-0.2, -0.15) is 0 Å². The van der Waals surface area contributed by atoms with E-state index in [1.54, 1.807) is 0 Å². The normalized spacial score (nSPS) is 15.9. The standard InChI is InChI=1S/C29H35N2O2Si/c1-21-10-7-8-11-24(21)29-25-14-12-22(30(2)3)18-27(25)34(5,6)28-19-23(13-15-26(28)29)31(4)16-9-17-33-20-32/h7-8,10-15,18-20H,9,16-17H2,1-6H3/q+1. The Kier molecular flexibility index (Phi) is 6.76. The molecule has 176 valence electrons. The van der Waals surface area contributed by atoms with Crippen molar-refractivity contribution in [1.82, 2.24) is 0 Å². The molecule has 0 amide bonds. The minimum atomic E-state index is -1.97. The van der Waals surface area contributed by atoms with Crippen molar-refractivity contribution in [3.63, 3.8) is 0 Å². The van der Waals surface area contributed by atoms with E-state index in [4.69, 9.17) is 4.74 Å². The van der Waals surface area contributed by atoms with Gasteiger partial charge in [-0.05, 0) is 69.8 Å². The molecule has 1 heterocycles. The maximum absolute atomic E-state index is 10.5. The number of fused-ring (bicyclic) bond motifs is 2. The van der Waals surface area contributed by atoms with Gasteiger partial charge in [-0.1, -0.05) is 43.4 Å². The summed E-state index contributed by atoms with van der Waals surface area (Å²) >= 11 is 0. The van der Waals surface area contributed by atoms with Crippen LogP contribution in [0.4, 0.5) is 5.69 Å². The number of allylic oxidation sites excluding steroid dienone is 5. The summed E-state index contributed by atoms with van der Waals surface area (Å²) in [7, 11) is 4.37. The first-order valence-electron chi connectivity index (χ1n) is 11.9. The second-order valence-corrected chi connectivity index (χ2v) is 14.2. The van der Waals surface area contributed by atoms with E-state index in [9.17, 15) is 4.79 Å². The smallest absolute Gasteiger partial charge is 0.293 e. The van der Waals surface area contributed by atoms with Crippen LogP contribution in [0.3, 0.4) is 0 Å². The molecule has 0 saturated carbocycles. The highest BCUT2D eigenvalue weighted by molar-refractivity contribution is 6.98. The van der Waals surface area contributed by atoms with Gasteiger partial charge < -0.3 is 9.64 Å². The summed E-state index contributed by atoms with van der Waals surface area (Å²) in [6.07, 6.45) is 7.80. The molecule has 34 heavy (non-hydrogen) atoms. The highest BCUT2D eigenvalue weighted by Crippen LogP contribution is 2.42. The number of rotatable bonds is 7. The molecule has 2 aliphatic rings. The fourth-order valence-corrected chi connectivity index (χ4v) is 8.12. The summed E-state index contributed by atoms with van der Waals surface area (Å²) < 4.78 is 7.07. The largest absolute Gasteiger partial charge is 0.468 e. The van der Waals surface area contributed by atoms with E-state index in [1.165, 1.54) is 49.6 Å². The number of benzene rings is 2. The van der Waals surface area contributed by atoms with Crippen molar-refractivity contribution in [1.29, 1.82) is 0 Å². The average Bonchev–Trinajstić information content (AvgIpc) is 2.82. The van der Waals surface area contributed by atoms with Crippen LogP contribution in [-0.2, 0) is 9.53 Å². The number of carbonyl (C=O) groups is 1. The van der Waals surface area contributed by atoms with Gasteiger partial charge in [-0.25, -0.2) is 4.58 Å². The van der Waals surface area contributed by atoms with Gasteiger partial charge in [0.15, 0.2) is 5.71 Å². The van der Waals surface area contributed by atoms with Crippen molar-refractivity contribution in [2.45, 2.75) is 26.4 Å². The molecular weight excluding hydrogens is 436 g/mol. The molecule has 0 N–H and O–H groups in total. The zero-order valence-corrected chi connectivity index (χ0v) is 22.2. The van der Waals surface area contributed by atoms with Crippen molar-refractivity contribution >= 4 is 36.7 Å². The van der Waals surface area contributed by atoms with Crippen LogP contribution in [0.5, 0.6) is 0 Å². The predicted octanol–water partition coefficient (Wildman–Crippen LogP) is 4.47. The molecule has 0 fully saturated rings. The average molecular weight is 472 g/mol. The lowest BCUT2D eigenvalue weighted by molar-refractivity contribution is -0.462. The van der Waals surface area contributed by atoms with Crippen LogP contribution in [0.1, 0.15) is 23.1 Å². The first-order chi connectivity index (χ1) is 16.3. The molecule has 4 rings (SSSR count). The quantitative estimate of drug-likeness (QED) is 0.258. The van der Waals surface area contributed by atoms with Gasteiger partial charge in [-0.3, -0.25) is 4.79 Å². The van der Waals surface area contributed by atoms with Gasteiger partial charge in [0.2, 0.25) is 0 Å². The first-order valence-corrected chi connectivity index (χ1v) is 14.9. The number of ether oxygens (including phenoxy) is 1. The Hall–Kier alpha value is -3.18. The zero-order valence-electron chi connectivity index (χ0n) is 21.2. The third-order valence-electron chi connectivity index (χ3n) is 7.09. The van der Waals surface area contributed by atoms with E-state index in [0.29, 0.717) is 13.1 Å². The summed E-state index contributed by atoms with van der Waals surface area (Å²) in [4.78, 5) is 12.7. The van der Waals surface area contributed by atoms with Crippen LogP contribution in [0.15, 0.2) is 71.5 Å². The Morgan fingerprint density at radius 1 is 1.06 bits per heavy atom. The summed E-state index contributed by atoms with van der Waals surface area (Å²) in [6, 6.07) is 15.7. The number of nitrogens with zero attached hydrogens (tertiary/aromatic N) is 2. The van der Waals surface area contributed by atoms with E-state index in [-0.39, 0.29) is 0 Å². The summed E-state index contributed by atoms with van der Waals surface area (Å²) in [5, 5.41) is 2.96. The number of aryl methyl sites for hydroxylation is 1. The lowest BCUT2D eigenvalue weighted by atomic mass is 9.87. The number of hydrogen-bond donors (Lipinski definition) is 0. The third-order valence-corrected chi connectivity index (χ3v) is 10.6. The molecule has 0 bridgehead atoms. The number of carbonyl (C=O) groups excluding carboxylic acids is 1. The minimum absolute atomic E-state index is 0.449. The van der Waals surface area contributed by atoms with E-state index >= 15 is 0 Å². The van der Waals surface area contributed by atoms with Crippen molar-refractivity contribution in [2.75, 3.05) is 39.2 Å². The first kappa shape index (κ1) is 24.0. The van der Waals surface area contributed by atoms with Gasteiger partial charge in [0, 0.05) is 31.4 Å². The predicted molar refractivity (Wildman–Crippen MR) is 145 cm³/mol. The van der Waals surface area contributed by atoms with E-state index in [0.717, 1.165) is 13.0 Å². The Labute approximate surface area is 204 Å². The van der Waals surface area contributed by atoms with Crippen molar-refractivity contribution in [3.05, 3.63) is 88.2 Å². The van der Waals surface area contributed by atoms with Crippen LogP contribution in [0, 0.1) is 6.92 Å². The highest BCUT2D eigenvalue weighted by Gasteiger charge is 2.40. The molecular formula is C29H35N2O2Si+. The fraction of sp³-hybridized carbons (Fsp3) is 0.310. The minimum Gasteiger partial charge on any atom is -0.468 e. The zero-order chi connectivity index (χ0) is 24.5. The maximum atomic E-state index is 10.5. The van der Waals surface area contributed by atoms with Gasteiger partial charge in [-0.15, -0.1) is 0 Å². The molecule has 5 heteroatoms. The lowest BCUT2D eigenvalue weighted by Gasteiger charge is -2.38. The molecule has 0 aromatic heterocycles. The Morgan fingerprint density at radius 2 is 1.82 bits per heavy atom. The molecule has 4 nitrogen and oxygen atoms in total. The van der Waals surface area contributed by atoms with E-state index < -0.39 is 8.07 Å². The molecule has 0 saturated heterocycles. The SMILES string of the molecule is Cc1ccccc1C1=C2C=CC(=[N+](C)C)C=C2[Si](C)(C)c2cc(N(C)CCCOC=O)ccc21. The second kappa shape index (κ2) is 9.59. The molecule has 1 aliphatic heterocycles. The van der Waals surface area contributed by atoms with Gasteiger partial charge in [0.1, 0.15) is 22.2 Å². The molecule has 1 aliphatic carbocycles. The Morgan fingerprint density at radius 3 is 2.53 bits per heavy atom. The second-order valence-electron chi connectivity index (χ2n) is 9.91. The number of anilines is 1. The molecule has 2 aromatic carbocycles. The van der Waals surface area contributed by atoms with E-state index in [2.05, 4.69) is 111 Å². The molecule has 0 atom stereocenters. The Balaban J connectivity index is 1.89. The third kappa shape index (κ3) is 4.32. The topological polar surface area (TPSA) is 32.5 Å². The van der Waals surface area contributed by atoms with Crippen molar-refractivity contribution in [3.8, 4) is 0 Å². The van der Waals surface area contributed by atoms with Gasteiger partial charge >= 0.3 is 0 Å². The molecule has 2 aromatic rings. The monoisotopic (exact) mass is 471 g/mol. The molecule has 0 spiro atoms. The van der Waals surface area contributed by atoms with E-state index in [1.807, 2.05) is 0 Å². The maximum Gasteiger partial charge on any atom is 0.293 e. The lowest BCUT2D eigenvalue weighted by Crippen LogP contribution is -2.49. The van der Waals surface area contributed by atoms with Crippen molar-refractivity contribution in [2.24, 2.45) is 0 Å². The summed E-state index contributed by atoms with van der Waals surface area (Å²) in [6.45, 7) is 8.96. The highest BCUT2D eigenvalue weighted by atomic mass is 28.3. The molecule has 0 radical (unpaired) electrons. The van der Waals surface area contributed by atoms with Crippen molar-refractivity contribution < 1.29 is 14.1 Å². The number of hydrogen-bond acceptors (Lipinski definition) is 3.